The smallest absolute Gasteiger partial charge is 0.252 e. The van der Waals surface area contributed by atoms with Crippen molar-refractivity contribution < 1.29 is 0 Å². The molecule has 1 aliphatic carbocycles. The Bertz CT molecular complexity index is 3640. The molecular formula is C61H49BN2. The van der Waals surface area contributed by atoms with Crippen molar-refractivity contribution in [2.75, 3.05) is 0 Å². The Balaban J connectivity index is 1.23. The standard InChI is InChI=1S/C61H49BN2/c1-7-36(5)40-30-45-46-31-41(37(6)8-2)33-52-59(46)64-57(45)50(32-40)61(47-17-11-9-14-42(47)43-15-10-12-18-48(43)61)49-28-29-53-55(60(49)64)62(52)51-19-13-16-44-54(38-24-20-34(3)21-25-38)56(63(53)58(44)51)39-26-22-35(4)23-27-39/h9-33,36-37H,7-8H2,1-6H3. The molecule has 0 bridgehead atoms. The van der Waals surface area contributed by atoms with E-state index in [1.165, 1.54) is 138 Å². The van der Waals surface area contributed by atoms with Crippen LogP contribution in [0.2, 0.25) is 0 Å². The summed E-state index contributed by atoms with van der Waals surface area (Å²) in [5.41, 5.74) is 29.4. The zero-order valence-electron chi connectivity index (χ0n) is 37.5. The van der Waals surface area contributed by atoms with Gasteiger partial charge < -0.3 is 9.13 Å². The average molecular weight is 821 g/mol. The average Bonchev–Trinajstić information content (AvgIpc) is 3.96. The third-order valence-corrected chi connectivity index (χ3v) is 16.4. The number of hydrogen-bond acceptors (Lipinski definition) is 0. The fourth-order valence-electron chi connectivity index (χ4n) is 13.0. The van der Waals surface area contributed by atoms with E-state index >= 15 is 0 Å². The van der Waals surface area contributed by atoms with Gasteiger partial charge in [0.25, 0.3) is 6.71 Å². The van der Waals surface area contributed by atoms with E-state index in [0.29, 0.717) is 11.8 Å². The van der Waals surface area contributed by atoms with Gasteiger partial charge >= 0.3 is 0 Å². The molecule has 0 amide bonds. The molecule has 3 aliphatic heterocycles. The molecule has 1 spiro atoms. The molecule has 5 heterocycles. The summed E-state index contributed by atoms with van der Waals surface area (Å²) >= 11 is 0. The number of aryl methyl sites for hydroxylation is 2. The molecule has 2 atom stereocenters. The van der Waals surface area contributed by atoms with Gasteiger partial charge in [-0.05, 0) is 129 Å². The lowest BCUT2D eigenvalue weighted by Crippen LogP contribution is -2.60. The highest BCUT2D eigenvalue weighted by atomic mass is 15.1. The Morgan fingerprint density at radius 3 is 1.75 bits per heavy atom. The first-order valence-electron chi connectivity index (χ1n) is 23.7. The monoisotopic (exact) mass is 820 g/mol. The summed E-state index contributed by atoms with van der Waals surface area (Å²) in [5.74, 6) is 0.851. The number of nitrogens with zero attached hydrogens (tertiary/aromatic N) is 2. The van der Waals surface area contributed by atoms with Gasteiger partial charge in [0, 0.05) is 44.1 Å². The Kier molecular flexibility index (Phi) is 7.25. The lowest BCUT2D eigenvalue weighted by atomic mass is 9.33. The van der Waals surface area contributed by atoms with Gasteiger partial charge in [-0.15, -0.1) is 0 Å². The molecule has 0 saturated heterocycles. The van der Waals surface area contributed by atoms with E-state index in [4.69, 9.17) is 0 Å². The van der Waals surface area contributed by atoms with Crippen LogP contribution in [0.1, 0.15) is 96.9 Å². The highest BCUT2D eigenvalue weighted by Gasteiger charge is 2.54. The molecule has 0 fully saturated rings. The van der Waals surface area contributed by atoms with Crippen molar-refractivity contribution in [3.63, 3.8) is 0 Å². The highest BCUT2D eigenvalue weighted by molar-refractivity contribution is 7.00. The second-order valence-corrected chi connectivity index (χ2v) is 19.6. The molecule has 2 aromatic heterocycles. The molecule has 10 aromatic rings. The van der Waals surface area contributed by atoms with Crippen LogP contribution in [-0.2, 0) is 5.41 Å². The first-order chi connectivity index (χ1) is 31.3. The molecule has 64 heavy (non-hydrogen) atoms. The summed E-state index contributed by atoms with van der Waals surface area (Å²) in [7, 11) is 0. The van der Waals surface area contributed by atoms with Crippen molar-refractivity contribution in [2.45, 2.75) is 71.6 Å². The predicted octanol–water partition coefficient (Wildman–Crippen LogP) is 13.5. The second-order valence-electron chi connectivity index (χ2n) is 19.6. The van der Waals surface area contributed by atoms with E-state index in [9.17, 15) is 0 Å². The molecule has 2 nitrogen and oxygen atoms in total. The fraction of sp³-hybridized carbons (Fsp3) is 0.180. The molecule has 2 unspecified atom stereocenters. The number of aromatic nitrogens is 2. The zero-order valence-corrected chi connectivity index (χ0v) is 37.5. The van der Waals surface area contributed by atoms with Crippen LogP contribution in [-0.4, -0.2) is 15.8 Å². The molecule has 14 rings (SSSR count). The minimum atomic E-state index is -0.499. The van der Waals surface area contributed by atoms with E-state index in [1.54, 1.807) is 0 Å². The largest absolute Gasteiger partial charge is 0.310 e. The number of fused-ring (bicyclic) bond motifs is 11. The van der Waals surface area contributed by atoms with Gasteiger partial charge in [-0.3, -0.25) is 0 Å². The number of rotatable bonds is 6. The maximum absolute atomic E-state index is 2.77. The van der Waals surface area contributed by atoms with Gasteiger partial charge in [-0.1, -0.05) is 172 Å². The van der Waals surface area contributed by atoms with E-state index in [-0.39, 0.29) is 6.71 Å². The maximum Gasteiger partial charge on any atom is 0.252 e. The minimum absolute atomic E-state index is 0.0515. The van der Waals surface area contributed by atoms with Crippen molar-refractivity contribution in [3.8, 4) is 44.9 Å². The van der Waals surface area contributed by atoms with Crippen molar-refractivity contribution in [2.24, 2.45) is 0 Å². The molecule has 0 radical (unpaired) electrons. The lowest BCUT2D eigenvalue weighted by Gasteiger charge is -2.44. The van der Waals surface area contributed by atoms with Gasteiger partial charge in [-0.2, -0.15) is 0 Å². The third-order valence-electron chi connectivity index (χ3n) is 16.4. The topological polar surface area (TPSA) is 9.86 Å². The molecule has 0 saturated carbocycles. The van der Waals surface area contributed by atoms with Crippen LogP contribution in [0.15, 0.2) is 152 Å². The van der Waals surface area contributed by atoms with Crippen LogP contribution >= 0.6 is 0 Å². The summed E-state index contributed by atoms with van der Waals surface area (Å²) in [6.45, 7) is 14.0. The summed E-state index contributed by atoms with van der Waals surface area (Å²) in [6.07, 6.45) is 2.19. The van der Waals surface area contributed by atoms with Crippen molar-refractivity contribution in [3.05, 3.63) is 196 Å². The van der Waals surface area contributed by atoms with Crippen LogP contribution in [0.5, 0.6) is 0 Å². The maximum atomic E-state index is 2.77. The molecule has 4 aliphatic rings. The van der Waals surface area contributed by atoms with E-state index in [0.717, 1.165) is 12.8 Å². The van der Waals surface area contributed by atoms with Crippen LogP contribution in [0.4, 0.5) is 0 Å². The molecular weight excluding hydrogens is 771 g/mol. The Morgan fingerprint density at radius 2 is 1.09 bits per heavy atom. The first-order valence-corrected chi connectivity index (χ1v) is 23.7. The quantitative estimate of drug-likeness (QED) is 0.148. The van der Waals surface area contributed by atoms with Gasteiger partial charge in [0.15, 0.2) is 0 Å². The Morgan fingerprint density at radius 1 is 0.500 bits per heavy atom. The zero-order chi connectivity index (χ0) is 42.9. The molecule has 8 aromatic carbocycles. The van der Waals surface area contributed by atoms with Crippen LogP contribution < -0.4 is 16.4 Å². The van der Waals surface area contributed by atoms with Gasteiger partial charge in [-0.25, -0.2) is 0 Å². The molecule has 0 N–H and O–H groups in total. The summed E-state index contributed by atoms with van der Waals surface area (Å²) in [5, 5.41) is 4.12. The molecule has 306 valence electrons. The van der Waals surface area contributed by atoms with Crippen LogP contribution in [0.25, 0.3) is 77.6 Å². The van der Waals surface area contributed by atoms with Gasteiger partial charge in [0.2, 0.25) is 0 Å². The van der Waals surface area contributed by atoms with Crippen molar-refractivity contribution >= 4 is 55.8 Å². The number of para-hydroxylation sites is 1. The van der Waals surface area contributed by atoms with E-state index in [1.807, 2.05) is 0 Å². The fourth-order valence-corrected chi connectivity index (χ4v) is 13.0. The summed E-state index contributed by atoms with van der Waals surface area (Å²) < 4.78 is 5.46. The lowest BCUT2D eigenvalue weighted by molar-refractivity contribution is 0.717. The highest BCUT2D eigenvalue weighted by Crippen LogP contribution is 2.62. The number of benzene rings is 8. The van der Waals surface area contributed by atoms with Gasteiger partial charge in [0.05, 0.1) is 16.6 Å². The summed E-state index contributed by atoms with van der Waals surface area (Å²) in [6, 6.07) is 59.9. The van der Waals surface area contributed by atoms with Crippen LogP contribution in [0.3, 0.4) is 0 Å². The first kappa shape index (κ1) is 36.6. The Labute approximate surface area is 375 Å². The predicted molar refractivity (Wildman–Crippen MR) is 271 cm³/mol. The normalized spacial score (nSPS) is 15.1. The second kappa shape index (κ2) is 12.7. The van der Waals surface area contributed by atoms with Crippen LogP contribution in [0, 0.1) is 13.8 Å². The number of hydrogen-bond donors (Lipinski definition) is 0. The SMILES string of the molecule is CCC(C)c1cc2c3c(c1)c1cc(C(C)CC)cc4c1n3-c1c(ccc3c1B2c1cccc2c(-c5ccc(C)cc5)c(-c5ccc(C)cc5)n-3c12)C41c2ccccc2-c2ccccc21. The van der Waals surface area contributed by atoms with Crippen molar-refractivity contribution in [1.29, 1.82) is 0 Å². The van der Waals surface area contributed by atoms with Gasteiger partial charge in [0.1, 0.15) is 0 Å². The summed E-state index contributed by atoms with van der Waals surface area (Å²) in [4.78, 5) is 0. The Hall–Kier alpha value is -6.84. The molecule has 3 heteroatoms. The van der Waals surface area contributed by atoms with E-state index < -0.39 is 5.41 Å². The van der Waals surface area contributed by atoms with Crippen molar-refractivity contribution in [1.82, 2.24) is 9.13 Å². The third kappa shape index (κ3) is 4.29. The minimum Gasteiger partial charge on any atom is -0.310 e. The van der Waals surface area contributed by atoms with E-state index in [2.05, 4.69) is 202 Å².